The van der Waals surface area contributed by atoms with E-state index in [0.717, 1.165) is 21.1 Å². The second kappa shape index (κ2) is 3.58. The number of benzene rings is 1. The van der Waals surface area contributed by atoms with Crippen molar-refractivity contribution in [2.75, 3.05) is 31.8 Å². The molecule has 0 fully saturated rings. The molecule has 2 aromatic rings. The van der Waals surface area contributed by atoms with Crippen LogP contribution in [0.1, 0.15) is 0 Å². The van der Waals surface area contributed by atoms with E-state index in [-0.39, 0.29) is 0 Å². The molecule has 0 bridgehead atoms. The average Bonchev–Trinajstić information content (AvgIpc) is 2.61. The smallest absolute Gasteiger partial charge is 0.185 e. The molecule has 0 atom stereocenters. The van der Waals surface area contributed by atoms with Gasteiger partial charge in [0.1, 0.15) is 11.3 Å². The number of hydrogen-bond acceptors (Lipinski definition) is 5. The first-order chi connectivity index (χ1) is 7.11. The maximum atomic E-state index is 5.89. The fraction of sp³-hybridized carbons (Fsp3) is 0.300. The van der Waals surface area contributed by atoms with Gasteiger partial charge >= 0.3 is 0 Å². The van der Waals surface area contributed by atoms with Crippen LogP contribution in [0.5, 0.6) is 5.75 Å². The van der Waals surface area contributed by atoms with E-state index in [1.165, 1.54) is 0 Å². The van der Waals surface area contributed by atoms with Crippen LogP contribution in [0.2, 0.25) is 0 Å². The van der Waals surface area contributed by atoms with E-state index in [0.29, 0.717) is 5.69 Å². The van der Waals surface area contributed by atoms with Crippen molar-refractivity contribution in [2.24, 2.45) is 0 Å². The standard InChI is InChI=1S/C10H13N3OS/c1-13(2)10-12-9-7(11)4-6(14-3)5-8(9)15-10/h4-5H,11H2,1-3H3. The molecule has 2 rings (SSSR count). The summed E-state index contributed by atoms with van der Waals surface area (Å²) in [5.41, 5.74) is 7.40. The molecule has 80 valence electrons. The van der Waals surface area contributed by atoms with Crippen LogP contribution >= 0.6 is 11.3 Å². The van der Waals surface area contributed by atoms with Crippen LogP contribution in [-0.2, 0) is 0 Å². The number of methoxy groups -OCH3 is 1. The molecule has 1 heterocycles. The van der Waals surface area contributed by atoms with Gasteiger partial charge in [-0.15, -0.1) is 0 Å². The van der Waals surface area contributed by atoms with E-state index in [1.807, 2.05) is 25.1 Å². The lowest BCUT2D eigenvalue weighted by Gasteiger charge is -2.04. The van der Waals surface area contributed by atoms with Crippen molar-refractivity contribution in [2.45, 2.75) is 0 Å². The summed E-state index contributed by atoms with van der Waals surface area (Å²) >= 11 is 1.60. The van der Waals surface area contributed by atoms with E-state index in [4.69, 9.17) is 10.5 Å². The van der Waals surface area contributed by atoms with Gasteiger partial charge in [-0.25, -0.2) is 4.98 Å². The minimum absolute atomic E-state index is 0.661. The van der Waals surface area contributed by atoms with E-state index in [1.54, 1.807) is 24.5 Å². The van der Waals surface area contributed by atoms with Crippen LogP contribution in [-0.4, -0.2) is 26.2 Å². The first kappa shape index (κ1) is 10.0. The third-order valence-electron chi connectivity index (χ3n) is 2.10. The molecule has 5 heteroatoms. The summed E-state index contributed by atoms with van der Waals surface area (Å²) in [6.07, 6.45) is 0. The van der Waals surface area contributed by atoms with Gasteiger partial charge in [0.15, 0.2) is 5.13 Å². The number of ether oxygens (including phenoxy) is 1. The third-order valence-corrected chi connectivity index (χ3v) is 3.28. The summed E-state index contributed by atoms with van der Waals surface area (Å²) < 4.78 is 6.21. The molecule has 0 aliphatic carbocycles. The largest absolute Gasteiger partial charge is 0.497 e. The molecule has 0 spiro atoms. The molecule has 0 aliphatic heterocycles. The van der Waals surface area contributed by atoms with Gasteiger partial charge < -0.3 is 15.4 Å². The van der Waals surface area contributed by atoms with Gasteiger partial charge in [-0.2, -0.15) is 0 Å². The van der Waals surface area contributed by atoms with Crippen LogP contribution in [0.3, 0.4) is 0 Å². The minimum Gasteiger partial charge on any atom is -0.497 e. The zero-order valence-corrected chi connectivity index (χ0v) is 9.76. The van der Waals surface area contributed by atoms with E-state index < -0.39 is 0 Å². The SMILES string of the molecule is COc1cc(N)c2nc(N(C)C)sc2c1. The molecule has 1 aromatic carbocycles. The number of aromatic nitrogens is 1. The van der Waals surface area contributed by atoms with Gasteiger partial charge in [-0.05, 0) is 6.07 Å². The Morgan fingerprint density at radius 3 is 2.73 bits per heavy atom. The zero-order valence-electron chi connectivity index (χ0n) is 8.94. The van der Waals surface area contributed by atoms with Gasteiger partial charge in [0.25, 0.3) is 0 Å². The highest BCUT2D eigenvalue weighted by Crippen LogP contribution is 2.34. The molecule has 2 N–H and O–H groups in total. The van der Waals surface area contributed by atoms with Crippen LogP contribution in [0.15, 0.2) is 12.1 Å². The zero-order chi connectivity index (χ0) is 11.0. The Labute approximate surface area is 92.3 Å². The quantitative estimate of drug-likeness (QED) is 0.791. The molecule has 0 amide bonds. The Morgan fingerprint density at radius 1 is 1.40 bits per heavy atom. The second-order valence-electron chi connectivity index (χ2n) is 3.45. The molecular weight excluding hydrogens is 210 g/mol. The van der Waals surface area contributed by atoms with Gasteiger partial charge in [-0.1, -0.05) is 11.3 Å². The van der Waals surface area contributed by atoms with Crippen molar-refractivity contribution >= 4 is 32.4 Å². The highest BCUT2D eigenvalue weighted by Gasteiger charge is 2.09. The predicted octanol–water partition coefficient (Wildman–Crippen LogP) is 1.95. The molecule has 1 aromatic heterocycles. The summed E-state index contributed by atoms with van der Waals surface area (Å²) in [6, 6.07) is 3.75. The predicted molar refractivity (Wildman–Crippen MR) is 64.9 cm³/mol. The second-order valence-corrected chi connectivity index (χ2v) is 4.46. The van der Waals surface area contributed by atoms with Crippen molar-refractivity contribution in [1.82, 2.24) is 4.98 Å². The highest BCUT2D eigenvalue weighted by molar-refractivity contribution is 7.22. The van der Waals surface area contributed by atoms with Crippen LogP contribution in [0.4, 0.5) is 10.8 Å². The van der Waals surface area contributed by atoms with Crippen LogP contribution in [0.25, 0.3) is 10.2 Å². The summed E-state index contributed by atoms with van der Waals surface area (Å²) in [4.78, 5) is 6.42. The number of anilines is 2. The minimum atomic E-state index is 0.661. The van der Waals surface area contributed by atoms with E-state index >= 15 is 0 Å². The molecule has 0 saturated heterocycles. The number of nitrogens with zero attached hydrogens (tertiary/aromatic N) is 2. The first-order valence-electron chi connectivity index (χ1n) is 4.53. The number of thiazole rings is 1. The lowest BCUT2D eigenvalue weighted by molar-refractivity contribution is 0.415. The first-order valence-corrected chi connectivity index (χ1v) is 5.35. The van der Waals surface area contributed by atoms with Crippen molar-refractivity contribution in [3.8, 4) is 5.75 Å². The fourth-order valence-electron chi connectivity index (χ4n) is 1.33. The molecule has 4 nitrogen and oxygen atoms in total. The molecule has 15 heavy (non-hydrogen) atoms. The molecule has 0 unspecified atom stereocenters. The number of nitrogens with two attached hydrogens (primary N) is 1. The maximum Gasteiger partial charge on any atom is 0.185 e. The normalized spacial score (nSPS) is 10.6. The molecular formula is C10H13N3OS. The maximum absolute atomic E-state index is 5.89. The highest BCUT2D eigenvalue weighted by atomic mass is 32.1. The Kier molecular flexibility index (Phi) is 2.40. The molecule has 0 aliphatic rings. The molecule has 0 saturated carbocycles. The number of fused-ring (bicyclic) bond motifs is 1. The fourth-order valence-corrected chi connectivity index (χ4v) is 2.28. The number of nitrogen functional groups attached to an aromatic ring is 1. The summed E-state index contributed by atoms with van der Waals surface area (Å²) in [7, 11) is 5.56. The van der Waals surface area contributed by atoms with Crippen molar-refractivity contribution in [3.63, 3.8) is 0 Å². The van der Waals surface area contributed by atoms with Gasteiger partial charge in [0, 0.05) is 20.2 Å². The van der Waals surface area contributed by atoms with Crippen LogP contribution in [0, 0.1) is 0 Å². The monoisotopic (exact) mass is 223 g/mol. The Morgan fingerprint density at radius 2 is 2.13 bits per heavy atom. The lowest BCUT2D eigenvalue weighted by atomic mass is 10.3. The summed E-state index contributed by atoms with van der Waals surface area (Å²) in [6.45, 7) is 0. The van der Waals surface area contributed by atoms with Crippen molar-refractivity contribution in [3.05, 3.63) is 12.1 Å². The summed E-state index contributed by atoms with van der Waals surface area (Å²) in [5, 5.41) is 0.949. The number of rotatable bonds is 2. The van der Waals surface area contributed by atoms with Gasteiger partial charge in [-0.3, -0.25) is 0 Å². The Bertz CT molecular complexity index is 493. The average molecular weight is 223 g/mol. The third kappa shape index (κ3) is 1.70. The van der Waals surface area contributed by atoms with E-state index in [9.17, 15) is 0 Å². The van der Waals surface area contributed by atoms with E-state index in [2.05, 4.69) is 4.98 Å². The number of hydrogen-bond donors (Lipinski definition) is 1. The van der Waals surface area contributed by atoms with Crippen molar-refractivity contribution in [1.29, 1.82) is 0 Å². The topological polar surface area (TPSA) is 51.4 Å². The lowest BCUT2D eigenvalue weighted by Crippen LogP contribution is -2.07. The van der Waals surface area contributed by atoms with Crippen molar-refractivity contribution < 1.29 is 4.74 Å². The van der Waals surface area contributed by atoms with Gasteiger partial charge in [0.2, 0.25) is 0 Å². The molecule has 0 radical (unpaired) electrons. The van der Waals surface area contributed by atoms with Crippen LogP contribution < -0.4 is 15.4 Å². The summed E-state index contributed by atoms with van der Waals surface area (Å²) in [5.74, 6) is 0.772. The Hall–Kier alpha value is -1.49. The Balaban J connectivity index is 2.64. The van der Waals surface area contributed by atoms with Gasteiger partial charge in [0.05, 0.1) is 17.5 Å².